The molecule has 2 unspecified atom stereocenters. The third-order valence-electron chi connectivity index (χ3n) is 6.69. The Hall–Kier alpha value is -3.40. The predicted molar refractivity (Wildman–Crippen MR) is 151 cm³/mol. The van der Waals surface area contributed by atoms with Crippen LogP contribution in [0.5, 0.6) is 0 Å². The monoisotopic (exact) mass is 601 g/mol. The molecule has 0 spiro atoms. The average Bonchev–Trinajstić information content (AvgIpc) is 2.95. The molecule has 1 aliphatic rings. The molecule has 1 rings (SSSR count). The van der Waals surface area contributed by atoms with Crippen molar-refractivity contribution in [3.05, 3.63) is 0 Å². The van der Waals surface area contributed by atoms with Crippen molar-refractivity contribution < 1.29 is 38.7 Å². The number of hydrogen-bond acceptors (Lipinski definition) is 9. The Bertz CT molecular complexity index is 928. The van der Waals surface area contributed by atoms with Gasteiger partial charge in [-0.2, -0.15) is 11.8 Å². The van der Waals surface area contributed by atoms with Gasteiger partial charge in [0.15, 0.2) is 0 Å². The van der Waals surface area contributed by atoms with E-state index in [1.54, 1.807) is 6.26 Å². The Kier molecular flexibility index (Phi) is 17.1. The van der Waals surface area contributed by atoms with Crippen molar-refractivity contribution in [2.45, 2.75) is 62.7 Å². The average molecular weight is 602 g/mol. The molecular formula is C25H43N7O8S. The summed E-state index contributed by atoms with van der Waals surface area (Å²) in [6, 6.07) is -0.932. The summed E-state index contributed by atoms with van der Waals surface area (Å²) >= 11 is 1.20. The third-order valence-corrected chi connectivity index (χ3v) is 7.64. The molecule has 10 N–H and O–H groups in total. The van der Waals surface area contributed by atoms with Crippen LogP contribution in [-0.4, -0.2) is 96.8 Å². The highest BCUT2D eigenvalue weighted by Gasteiger charge is 2.27. The van der Waals surface area contributed by atoms with Crippen molar-refractivity contribution in [3.63, 3.8) is 0 Å². The van der Waals surface area contributed by atoms with E-state index in [0.29, 0.717) is 38.8 Å². The van der Waals surface area contributed by atoms with E-state index in [-0.39, 0.29) is 49.6 Å². The number of nitrogens with two attached hydrogens (primary N) is 2. The Labute approximate surface area is 243 Å². The van der Waals surface area contributed by atoms with Gasteiger partial charge in [0.2, 0.25) is 35.4 Å². The number of amides is 6. The van der Waals surface area contributed by atoms with Crippen LogP contribution in [0, 0.1) is 11.8 Å². The van der Waals surface area contributed by atoms with E-state index < -0.39 is 47.4 Å². The van der Waals surface area contributed by atoms with Crippen LogP contribution >= 0.6 is 11.8 Å². The fraction of sp³-hybridized carbons (Fsp3) is 0.720. The maximum Gasteiger partial charge on any atom is 0.305 e. The number of carboxylic acids is 1. The molecule has 0 aromatic rings. The Balaban J connectivity index is 2.25. The first kappa shape index (κ1) is 35.6. The van der Waals surface area contributed by atoms with Crippen LogP contribution < -0.4 is 38.1 Å². The van der Waals surface area contributed by atoms with Gasteiger partial charge in [0.05, 0.1) is 31.3 Å². The van der Waals surface area contributed by atoms with Crippen LogP contribution in [0.15, 0.2) is 0 Å². The fourth-order valence-corrected chi connectivity index (χ4v) is 4.89. The molecule has 0 aliphatic heterocycles. The van der Waals surface area contributed by atoms with Crippen molar-refractivity contribution in [2.24, 2.45) is 23.3 Å². The van der Waals surface area contributed by atoms with Gasteiger partial charge in [0, 0.05) is 19.0 Å². The molecular weight excluding hydrogens is 558 g/mol. The molecule has 0 bridgehead atoms. The molecule has 1 fully saturated rings. The molecule has 0 aromatic carbocycles. The lowest BCUT2D eigenvalue weighted by Gasteiger charge is -2.28. The summed E-state index contributed by atoms with van der Waals surface area (Å²) in [5.41, 5.74) is 10.5. The highest BCUT2D eigenvalue weighted by molar-refractivity contribution is 7.99. The highest BCUT2D eigenvalue weighted by atomic mass is 32.2. The zero-order valence-corrected chi connectivity index (χ0v) is 24.2. The lowest BCUT2D eigenvalue weighted by Crippen LogP contribution is -2.49. The first-order valence-electron chi connectivity index (χ1n) is 13.6. The smallest absolute Gasteiger partial charge is 0.305 e. The lowest BCUT2D eigenvalue weighted by atomic mass is 9.81. The van der Waals surface area contributed by atoms with Crippen LogP contribution in [0.4, 0.5) is 0 Å². The lowest BCUT2D eigenvalue weighted by molar-refractivity contribution is -0.138. The van der Waals surface area contributed by atoms with Crippen molar-refractivity contribution in [1.82, 2.24) is 26.6 Å². The Morgan fingerprint density at radius 1 is 0.878 bits per heavy atom. The molecule has 0 heterocycles. The summed E-state index contributed by atoms with van der Waals surface area (Å²) in [5, 5.41) is 21.1. The molecule has 0 radical (unpaired) electrons. The number of primary amides is 1. The highest BCUT2D eigenvalue weighted by Crippen LogP contribution is 2.28. The van der Waals surface area contributed by atoms with Gasteiger partial charge in [0.1, 0.15) is 6.04 Å². The molecule has 41 heavy (non-hydrogen) atoms. The van der Waals surface area contributed by atoms with Crippen molar-refractivity contribution >= 4 is 53.2 Å². The Morgan fingerprint density at radius 3 is 2.10 bits per heavy atom. The number of carbonyl (C=O) groups excluding carboxylic acids is 6. The summed E-state index contributed by atoms with van der Waals surface area (Å²) in [4.78, 5) is 82.0. The number of thioether (sulfide) groups is 1. The molecule has 0 aromatic heterocycles. The van der Waals surface area contributed by atoms with Crippen LogP contribution in [0.25, 0.3) is 0 Å². The second-order valence-corrected chi connectivity index (χ2v) is 10.9. The van der Waals surface area contributed by atoms with E-state index in [1.807, 2.05) is 0 Å². The van der Waals surface area contributed by atoms with E-state index in [2.05, 4.69) is 26.6 Å². The maximum absolute atomic E-state index is 12.5. The van der Waals surface area contributed by atoms with Crippen LogP contribution in [-0.2, 0) is 33.6 Å². The van der Waals surface area contributed by atoms with Crippen molar-refractivity contribution in [3.8, 4) is 0 Å². The number of carbonyl (C=O) groups is 7. The van der Waals surface area contributed by atoms with Crippen molar-refractivity contribution in [2.75, 3.05) is 39.0 Å². The largest absolute Gasteiger partial charge is 0.481 e. The summed E-state index contributed by atoms with van der Waals surface area (Å²) < 4.78 is 0. The number of aliphatic carboxylic acids is 1. The van der Waals surface area contributed by atoms with E-state index in [1.165, 1.54) is 11.8 Å². The van der Waals surface area contributed by atoms with Crippen LogP contribution in [0.1, 0.15) is 51.4 Å². The second kappa shape index (κ2) is 19.6. The third kappa shape index (κ3) is 15.3. The van der Waals surface area contributed by atoms with E-state index in [9.17, 15) is 33.6 Å². The molecule has 6 amide bonds. The number of rotatable bonds is 19. The van der Waals surface area contributed by atoms with Crippen LogP contribution in [0.3, 0.4) is 0 Å². The van der Waals surface area contributed by atoms with Gasteiger partial charge in [-0.15, -0.1) is 0 Å². The zero-order chi connectivity index (χ0) is 30.8. The zero-order valence-electron chi connectivity index (χ0n) is 23.4. The van der Waals surface area contributed by atoms with Gasteiger partial charge in [-0.1, -0.05) is 0 Å². The predicted octanol–water partition coefficient (Wildman–Crippen LogP) is -2.44. The first-order chi connectivity index (χ1) is 19.5. The standard InChI is InChI=1S/C25H43N7O8S/c1-41-18(10-22(36)37)25(40)31-12-15-5-7-16(8-6-15)24(39)28-9-3-2-4-17(23(27)38)32-21(35)14-30-20(34)13-29-19(33)11-26/h15-18H,2-14,26H2,1H3,(H2,27,38)(H,28,39)(H,29,33)(H,30,34)(H,31,40)(H,32,35)(H,36,37). The molecule has 0 saturated heterocycles. The summed E-state index contributed by atoms with van der Waals surface area (Å²) in [7, 11) is 0. The summed E-state index contributed by atoms with van der Waals surface area (Å²) in [6.07, 6.45) is 5.77. The quantitative estimate of drug-likeness (QED) is 0.0726. The minimum atomic E-state index is -1.02. The van der Waals surface area contributed by atoms with Gasteiger partial charge in [-0.3, -0.25) is 33.6 Å². The van der Waals surface area contributed by atoms with Crippen molar-refractivity contribution in [1.29, 1.82) is 0 Å². The van der Waals surface area contributed by atoms with E-state index in [4.69, 9.17) is 16.6 Å². The summed E-state index contributed by atoms with van der Waals surface area (Å²) in [5.74, 6) is -3.66. The van der Waals surface area contributed by atoms with E-state index >= 15 is 0 Å². The maximum atomic E-state index is 12.5. The first-order valence-corrected chi connectivity index (χ1v) is 14.9. The minimum Gasteiger partial charge on any atom is -0.481 e. The van der Waals surface area contributed by atoms with Crippen LogP contribution in [0.2, 0.25) is 0 Å². The fourth-order valence-electron chi connectivity index (χ4n) is 4.28. The molecule has 16 heteroatoms. The second-order valence-electron chi connectivity index (χ2n) is 9.85. The number of carboxylic acid groups (broad SMARTS) is 1. The number of unbranched alkanes of at least 4 members (excludes halogenated alkanes) is 1. The summed E-state index contributed by atoms with van der Waals surface area (Å²) in [6.45, 7) is -0.128. The van der Waals surface area contributed by atoms with Gasteiger partial charge in [-0.25, -0.2) is 0 Å². The topological polar surface area (TPSA) is 252 Å². The molecule has 2 atom stereocenters. The van der Waals surface area contributed by atoms with Gasteiger partial charge >= 0.3 is 5.97 Å². The number of nitrogens with one attached hydrogen (secondary N) is 5. The normalized spacial score (nSPS) is 17.8. The van der Waals surface area contributed by atoms with Gasteiger partial charge in [0.25, 0.3) is 0 Å². The van der Waals surface area contributed by atoms with Gasteiger partial charge < -0.3 is 43.2 Å². The molecule has 1 saturated carbocycles. The molecule has 232 valence electrons. The van der Waals surface area contributed by atoms with E-state index in [0.717, 1.165) is 12.8 Å². The molecule has 1 aliphatic carbocycles. The van der Waals surface area contributed by atoms with Gasteiger partial charge in [-0.05, 0) is 57.1 Å². The Morgan fingerprint density at radius 2 is 1.51 bits per heavy atom. The SMILES string of the molecule is CSC(CC(=O)O)C(=O)NCC1CCC(C(=O)NCCCCC(NC(=O)CNC(=O)CNC(=O)CN)C(N)=O)CC1. The minimum absolute atomic E-state index is 0.0467. The number of hydrogen-bond donors (Lipinski definition) is 8. The molecule has 15 nitrogen and oxygen atoms in total.